The number of ketones is 1. The van der Waals surface area contributed by atoms with Crippen molar-refractivity contribution in [2.75, 3.05) is 13.2 Å². The van der Waals surface area contributed by atoms with E-state index in [4.69, 9.17) is 14.0 Å². The minimum atomic E-state index is -0.479. The number of hydrogen-bond donors (Lipinski definition) is 0. The summed E-state index contributed by atoms with van der Waals surface area (Å²) < 4.78 is 17.7. The van der Waals surface area contributed by atoms with Crippen LogP contribution in [0.4, 0.5) is 0 Å². The zero-order chi connectivity index (χ0) is 21.0. The van der Waals surface area contributed by atoms with E-state index in [2.05, 4.69) is 5.16 Å². The number of Topliss-reactive ketones (excluding diaryl/α,β-unsaturated/α-hetero) is 1. The minimum Gasteiger partial charge on any atom is -0.493 e. The third-order valence-corrected chi connectivity index (χ3v) is 4.60. The Hall–Kier alpha value is -3.35. The summed E-state index contributed by atoms with van der Waals surface area (Å²) in [4.78, 5) is 24.5. The Labute approximate surface area is 169 Å². The summed E-state index contributed by atoms with van der Waals surface area (Å²) in [7, 11) is 0. The molecule has 0 amide bonds. The van der Waals surface area contributed by atoms with E-state index in [1.165, 1.54) is 0 Å². The second-order valence-corrected chi connectivity index (χ2v) is 6.86. The molecule has 0 bridgehead atoms. The Morgan fingerprint density at radius 1 is 1.10 bits per heavy atom. The van der Waals surface area contributed by atoms with Crippen LogP contribution < -0.4 is 4.74 Å². The first kappa shape index (κ1) is 20.4. The number of carbonyl (C=O) groups is 2. The van der Waals surface area contributed by atoms with Crippen LogP contribution in [-0.2, 0) is 9.53 Å². The van der Waals surface area contributed by atoms with Crippen molar-refractivity contribution in [3.05, 3.63) is 64.7 Å². The van der Waals surface area contributed by atoms with Gasteiger partial charge < -0.3 is 14.0 Å². The first-order chi connectivity index (χ1) is 13.9. The van der Waals surface area contributed by atoms with Gasteiger partial charge in [-0.15, -0.1) is 0 Å². The fourth-order valence-corrected chi connectivity index (χ4v) is 3.11. The lowest BCUT2D eigenvalue weighted by atomic mass is 10.1. The average Bonchev–Trinajstić information content (AvgIpc) is 3.23. The SMILES string of the molecule is Cc1cc(-n2c(C)cc(C(=O)COC(=O)CCOc3ccccc3C)c2C)no1. The number of benzene rings is 1. The number of ether oxygens (including phenoxy) is 2. The average molecular weight is 396 g/mol. The molecule has 0 aliphatic heterocycles. The van der Waals surface area contributed by atoms with Crippen molar-refractivity contribution >= 4 is 11.8 Å². The maximum absolute atomic E-state index is 12.5. The van der Waals surface area contributed by atoms with E-state index in [1.54, 1.807) is 19.1 Å². The maximum atomic E-state index is 12.5. The van der Waals surface area contributed by atoms with Gasteiger partial charge in [-0.25, -0.2) is 0 Å². The van der Waals surface area contributed by atoms with Gasteiger partial charge in [-0.1, -0.05) is 23.4 Å². The molecule has 0 fully saturated rings. The highest BCUT2D eigenvalue weighted by Crippen LogP contribution is 2.21. The highest BCUT2D eigenvalue weighted by Gasteiger charge is 2.19. The second kappa shape index (κ2) is 8.77. The number of carbonyl (C=O) groups excluding carboxylic acids is 2. The fourth-order valence-electron chi connectivity index (χ4n) is 3.11. The Morgan fingerprint density at radius 3 is 2.55 bits per heavy atom. The lowest BCUT2D eigenvalue weighted by Gasteiger charge is -2.09. The van der Waals surface area contributed by atoms with Crippen LogP contribution in [0.5, 0.6) is 5.75 Å². The van der Waals surface area contributed by atoms with Gasteiger partial charge in [0.05, 0.1) is 13.0 Å². The first-order valence-corrected chi connectivity index (χ1v) is 9.36. The van der Waals surface area contributed by atoms with Crippen molar-refractivity contribution < 1.29 is 23.6 Å². The van der Waals surface area contributed by atoms with Crippen molar-refractivity contribution in [1.82, 2.24) is 9.72 Å². The van der Waals surface area contributed by atoms with Crippen molar-refractivity contribution in [1.29, 1.82) is 0 Å². The topological polar surface area (TPSA) is 83.6 Å². The Balaban J connectivity index is 1.54. The van der Waals surface area contributed by atoms with Gasteiger partial charge in [-0.3, -0.25) is 14.2 Å². The number of aromatic nitrogens is 2. The van der Waals surface area contributed by atoms with Crippen molar-refractivity contribution in [3.63, 3.8) is 0 Å². The van der Waals surface area contributed by atoms with E-state index < -0.39 is 5.97 Å². The minimum absolute atomic E-state index is 0.0683. The third-order valence-electron chi connectivity index (χ3n) is 4.60. The second-order valence-electron chi connectivity index (χ2n) is 6.86. The first-order valence-electron chi connectivity index (χ1n) is 9.36. The van der Waals surface area contributed by atoms with Crippen LogP contribution in [0.2, 0.25) is 0 Å². The van der Waals surface area contributed by atoms with E-state index in [9.17, 15) is 9.59 Å². The lowest BCUT2D eigenvalue weighted by molar-refractivity contribution is -0.143. The zero-order valence-corrected chi connectivity index (χ0v) is 17.0. The van der Waals surface area contributed by atoms with Crippen molar-refractivity contribution in [3.8, 4) is 11.6 Å². The highest BCUT2D eigenvalue weighted by molar-refractivity contribution is 5.99. The molecule has 2 aromatic heterocycles. The number of hydrogen-bond acceptors (Lipinski definition) is 6. The van der Waals surface area contributed by atoms with E-state index in [0.717, 1.165) is 22.7 Å². The van der Waals surface area contributed by atoms with Gasteiger partial charge in [-0.05, 0) is 45.4 Å². The van der Waals surface area contributed by atoms with Crippen molar-refractivity contribution in [2.24, 2.45) is 0 Å². The Kier molecular flexibility index (Phi) is 6.16. The molecule has 0 unspecified atom stereocenters. The molecule has 0 N–H and O–H groups in total. The highest BCUT2D eigenvalue weighted by atomic mass is 16.5. The molecule has 1 aromatic carbocycles. The molecule has 3 aromatic rings. The van der Waals surface area contributed by atoms with Gasteiger partial charge >= 0.3 is 5.97 Å². The van der Waals surface area contributed by atoms with E-state index in [-0.39, 0.29) is 25.4 Å². The van der Waals surface area contributed by atoms with Crippen LogP contribution in [-0.4, -0.2) is 34.7 Å². The Morgan fingerprint density at radius 2 is 1.86 bits per heavy atom. The molecule has 3 rings (SSSR count). The van der Waals surface area contributed by atoms with Crippen LogP contribution in [0.15, 0.2) is 40.9 Å². The quantitative estimate of drug-likeness (QED) is 0.424. The fraction of sp³-hybridized carbons (Fsp3) is 0.318. The monoisotopic (exact) mass is 396 g/mol. The van der Waals surface area contributed by atoms with E-state index in [1.807, 2.05) is 49.6 Å². The van der Waals surface area contributed by atoms with Gasteiger partial charge in [-0.2, -0.15) is 0 Å². The predicted molar refractivity (Wildman–Crippen MR) is 107 cm³/mol. The molecule has 0 spiro atoms. The molecule has 152 valence electrons. The van der Waals surface area contributed by atoms with Crippen LogP contribution in [0.1, 0.15) is 39.5 Å². The number of para-hydroxylation sites is 1. The van der Waals surface area contributed by atoms with Gasteiger partial charge in [0.2, 0.25) is 5.78 Å². The van der Waals surface area contributed by atoms with E-state index >= 15 is 0 Å². The smallest absolute Gasteiger partial charge is 0.309 e. The predicted octanol–water partition coefficient (Wildman–Crippen LogP) is 3.89. The normalized spacial score (nSPS) is 10.8. The van der Waals surface area contributed by atoms with Crippen LogP contribution in [0.25, 0.3) is 5.82 Å². The van der Waals surface area contributed by atoms with Gasteiger partial charge in [0, 0.05) is 23.0 Å². The summed E-state index contributed by atoms with van der Waals surface area (Å²) in [6.07, 6.45) is 0.0683. The van der Waals surface area contributed by atoms with Gasteiger partial charge in [0.15, 0.2) is 12.4 Å². The van der Waals surface area contributed by atoms with E-state index in [0.29, 0.717) is 17.1 Å². The summed E-state index contributed by atoms with van der Waals surface area (Å²) in [5.74, 6) is 1.28. The molecule has 0 atom stereocenters. The number of nitrogens with zero attached hydrogens (tertiary/aromatic N) is 2. The molecular formula is C22H24N2O5. The largest absolute Gasteiger partial charge is 0.493 e. The summed E-state index contributed by atoms with van der Waals surface area (Å²) in [5, 5.41) is 4.00. The summed E-state index contributed by atoms with van der Waals surface area (Å²) in [6.45, 7) is 7.32. The number of aryl methyl sites for hydroxylation is 3. The van der Waals surface area contributed by atoms with Gasteiger partial charge in [0.25, 0.3) is 0 Å². The number of esters is 1. The molecular weight excluding hydrogens is 372 g/mol. The molecule has 0 aliphatic carbocycles. The molecule has 0 saturated carbocycles. The standard InChI is InChI=1S/C22H24N2O5/c1-14-7-5-6-8-20(14)27-10-9-22(26)28-13-19(25)18-11-15(2)24(17(18)4)21-12-16(3)29-23-21/h5-8,11-12H,9-10,13H2,1-4H3. The molecule has 29 heavy (non-hydrogen) atoms. The summed E-state index contributed by atoms with van der Waals surface area (Å²) in [5.41, 5.74) is 3.05. The summed E-state index contributed by atoms with van der Waals surface area (Å²) in [6, 6.07) is 11.1. The third kappa shape index (κ3) is 4.74. The van der Waals surface area contributed by atoms with Crippen molar-refractivity contribution in [2.45, 2.75) is 34.1 Å². The summed E-state index contributed by atoms with van der Waals surface area (Å²) >= 11 is 0. The number of rotatable bonds is 8. The van der Waals surface area contributed by atoms with Crippen LogP contribution in [0, 0.1) is 27.7 Å². The molecule has 0 saturated heterocycles. The van der Waals surface area contributed by atoms with Crippen LogP contribution in [0.3, 0.4) is 0 Å². The Bertz CT molecular complexity index is 1030. The molecule has 7 nitrogen and oxygen atoms in total. The zero-order valence-electron chi connectivity index (χ0n) is 17.0. The lowest BCUT2D eigenvalue weighted by Crippen LogP contribution is -2.16. The van der Waals surface area contributed by atoms with Crippen LogP contribution >= 0.6 is 0 Å². The molecule has 0 aliphatic rings. The molecule has 0 radical (unpaired) electrons. The molecule has 7 heteroatoms. The van der Waals surface area contributed by atoms with Gasteiger partial charge in [0.1, 0.15) is 11.5 Å². The molecule has 2 heterocycles. The maximum Gasteiger partial charge on any atom is 0.309 e.